The number of benzene rings is 3. The Morgan fingerprint density at radius 1 is 0.769 bits per heavy atom. The fraction of sp³-hybridized carbons (Fsp3) is 0.174. The summed E-state index contributed by atoms with van der Waals surface area (Å²) in [6, 6.07) is 13.6. The molecule has 0 spiro atoms. The minimum Gasteiger partial charge on any atom is -0.460 e. The number of ether oxygens (including phenoxy) is 1. The highest BCUT2D eigenvalue weighted by Crippen LogP contribution is 2.25. The summed E-state index contributed by atoms with van der Waals surface area (Å²) in [5, 5.41) is 22.7. The third-order valence-corrected chi connectivity index (χ3v) is 8.40. The van der Waals surface area contributed by atoms with Gasteiger partial charge >= 0.3 is 5.97 Å². The molecule has 16 heteroatoms. The normalized spacial score (nSPS) is 13.3. The van der Waals surface area contributed by atoms with Crippen molar-refractivity contribution < 1.29 is 36.2 Å². The van der Waals surface area contributed by atoms with E-state index in [1.807, 2.05) is 4.72 Å². The zero-order valence-corrected chi connectivity index (χ0v) is 21.8. The molecule has 2 atom stereocenters. The number of nitrogens with one attached hydrogen (secondary N) is 2. The molecule has 206 valence electrons. The standard InChI is InChI=1S/C23H22N4O10S2/c1-16(24-38(33,34)20-13-7-5-11-18(20)26(29)30)22(23(28)37-15-17-9-3-2-4-10-17)25-39(35,36)21-14-8-6-12-19(21)27(31)32/h2-14,16,22,24-25H,15H2,1H3/t16-,22-/m1/s1. The first-order valence-electron chi connectivity index (χ1n) is 11.1. The van der Waals surface area contributed by atoms with Crippen molar-refractivity contribution in [3.63, 3.8) is 0 Å². The topological polar surface area (TPSA) is 205 Å². The van der Waals surface area contributed by atoms with Gasteiger partial charge in [-0.25, -0.2) is 21.6 Å². The first-order valence-corrected chi connectivity index (χ1v) is 14.0. The Labute approximate surface area is 223 Å². The van der Waals surface area contributed by atoms with Crippen LogP contribution >= 0.6 is 0 Å². The zero-order chi connectivity index (χ0) is 28.8. The molecule has 0 amide bonds. The van der Waals surface area contributed by atoms with Crippen molar-refractivity contribution >= 4 is 37.4 Å². The van der Waals surface area contributed by atoms with Crippen LogP contribution in [0.1, 0.15) is 12.5 Å². The van der Waals surface area contributed by atoms with Crippen LogP contribution in [0.4, 0.5) is 11.4 Å². The van der Waals surface area contributed by atoms with Gasteiger partial charge in [0, 0.05) is 18.2 Å². The number of nitrogens with zero attached hydrogens (tertiary/aromatic N) is 2. The molecule has 0 aliphatic rings. The summed E-state index contributed by atoms with van der Waals surface area (Å²) in [4.78, 5) is 32.4. The lowest BCUT2D eigenvalue weighted by molar-refractivity contribution is -0.388. The van der Waals surface area contributed by atoms with E-state index in [1.165, 1.54) is 24.3 Å². The molecule has 3 aromatic carbocycles. The summed E-state index contributed by atoms with van der Waals surface area (Å²) in [7, 11) is -9.45. The number of carbonyl (C=O) groups excluding carboxylic acids is 1. The molecule has 3 rings (SSSR count). The average Bonchev–Trinajstić information content (AvgIpc) is 2.90. The van der Waals surface area contributed by atoms with Gasteiger partial charge in [0.25, 0.3) is 11.4 Å². The second-order valence-corrected chi connectivity index (χ2v) is 11.4. The number of esters is 1. The lowest BCUT2D eigenvalue weighted by atomic mass is 10.2. The van der Waals surface area contributed by atoms with Gasteiger partial charge in [-0.15, -0.1) is 0 Å². The molecule has 0 radical (unpaired) electrons. The van der Waals surface area contributed by atoms with E-state index < -0.39 is 69.1 Å². The van der Waals surface area contributed by atoms with E-state index in [4.69, 9.17) is 4.74 Å². The molecule has 39 heavy (non-hydrogen) atoms. The van der Waals surface area contributed by atoms with Crippen molar-refractivity contribution in [2.24, 2.45) is 0 Å². The highest BCUT2D eigenvalue weighted by atomic mass is 32.2. The van der Waals surface area contributed by atoms with Crippen LogP contribution in [0.25, 0.3) is 0 Å². The molecular formula is C23H22N4O10S2. The number of sulfonamides is 2. The Bertz CT molecular complexity index is 1600. The van der Waals surface area contributed by atoms with Crippen molar-refractivity contribution in [1.29, 1.82) is 0 Å². The highest BCUT2D eigenvalue weighted by Gasteiger charge is 2.37. The predicted molar refractivity (Wildman–Crippen MR) is 136 cm³/mol. The number of hydrogen-bond donors (Lipinski definition) is 2. The van der Waals surface area contributed by atoms with Gasteiger partial charge in [0.2, 0.25) is 20.0 Å². The summed E-state index contributed by atoms with van der Waals surface area (Å²) in [5.41, 5.74) is -0.991. The van der Waals surface area contributed by atoms with Gasteiger partial charge in [0.15, 0.2) is 9.79 Å². The van der Waals surface area contributed by atoms with E-state index in [0.29, 0.717) is 5.56 Å². The van der Waals surface area contributed by atoms with Crippen LogP contribution in [-0.2, 0) is 36.2 Å². The van der Waals surface area contributed by atoms with Crippen molar-refractivity contribution in [3.8, 4) is 0 Å². The van der Waals surface area contributed by atoms with E-state index in [0.717, 1.165) is 31.2 Å². The van der Waals surface area contributed by atoms with E-state index in [9.17, 15) is 41.9 Å². The van der Waals surface area contributed by atoms with Crippen molar-refractivity contribution in [3.05, 3.63) is 105 Å². The Balaban J connectivity index is 1.97. The summed E-state index contributed by atoms with van der Waals surface area (Å²) < 4.78 is 61.6. The Morgan fingerprint density at radius 2 is 1.21 bits per heavy atom. The quantitative estimate of drug-likeness (QED) is 0.182. The van der Waals surface area contributed by atoms with E-state index >= 15 is 0 Å². The number of rotatable bonds is 12. The lowest BCUT2D eigenvalue weighted by Crippen LogP contribution is -2.54. The highest BCUT2D eigenvalue weighted by molar-refractivity contribution is 7.90. The van der Waals surface area contributed by atoms with Crippen LogP contribution < -0.4 is 9.44 Å². The first-order chi connectivity index (χ1) is 18.3. The van der Waals surface area contributed by atoms with E-state index in [-0.39, 0.29) is 6.61 Å². The third-order valence-electron chi connectivity index (χ3n) is 5.30. The van der Waals surface area contributed by atoms with E-state index in [2.05, 4.69) is 4.72 Å². The molecule has 2 N–H and O–H groups in total. The number of nitro benzene ring substituents is 2. The van der Waals surface area contributed by atoms with Crippen molar-refractivity contribution in [1.82, 2.24) is 9.44 Å². The lowest BCUT2D eigenvalue weighted by Gasteiger charge is -2.24. The SMILES string of the molecule is C[C@@H](NS(=O)(=O)c1ccccc1[N+](=O)[O-])[C@@H](NS(=O)(=O)c1ccccc1[N+](=O)[O-])C(=O)OCc1ccccc1. The minimum atomic E-state index is -4.79. The molecule has 14 nitrogen and oxygen atoms in total. The molecule has 0 fully saturated rings. The Hall–Kier alpha value is -4.25. The fourth-order valence-electron chi connectivity index (χ4n) is 3.45. The van der Waals surface area contributed by atoms with Gasteiger partial charge < -0.3 is 4.74 Å². The molecule has 0 saturated carbocycles. The molecule has 0 saturated heterocycles. The van der Waals surface area contributed by atoms with Crippen LogP contribution in [0.15, 0.2) is 88.7 Å². The van der Waals surface area contributed by atoms with Crippen molar-refractivity contribution in [2.45, 2.75) is 35.4 Å². The van der Waals surface area contributed by atoms with Crippen LogP contribution in [0.3, 0.4) is 0 Å². The van der Waals surface area contributed by atoms with Gasteiger partial charge in [0.05, 0.1) is 9.85 Å². The minimum absolute atomic E-state index is 0.299. The van der Waals surface area contributed by atoms with Gasteiger partial charge in [-0.1, -0.05) is 54.6 Å². The smallest absolute Gasteiger partial charge is 0.326 e. The molecule has 0 aliphatic heterocycles. The summed E-state index contributed by atoms with van der Waals surface area (Å²) >= 11 is 0. The maximum Gasteiger partial charge on any atom is 0.326 e. The number of hydrogen-bond acceptors (Lipinski definition) is 10. The first kappa shape index (κ1) is 29.3. The predicted octanol–water partition coefficient (Wildman–Crippen LogP) is 2.26. The fourth-order valence-corrected chi connectivity index (χ4v) is 6.32. The number of nitro groups is 2. The van der Waals surface area contributed by atoms with Crippen LogP contribution in [0.5, 0.6) is 0 Å². The van der Waals surface area contributed by atoms with Crippen molar-refractivity contribution in [2.75, 3.05) is 0 Å². The number of para-hydroxylation sites is 2. The van der Waals surface area contributed by atoms with Crippen LogP contribution in [0, 0.1) is 20.2 Å². The third kappa shape index (κ3) is 7.20. The van der Waals surface area contributed by atoms with Crippen LogP contribution in [0.2, 0.25) is 0 Å². The molecule has 0 aromatic heterocycles. The maximum absolute atomic E-state index is 13.1. The molecule has 0 heterocycles. The summed E-state index contributed by atoms with van der Waals surface area (Å²) in [6.07, 6.45) is 0. The van der Waals surface area contributed by atoms with E-state index in [1.54, 1.807) is 30.3 Å². The molecule has 0 aliphatic carbocycles. The number of carbonyl (C=O) groups is 1. The molecule has 3 aromatic rings. The van der Waals surface area contributed by atoms with Gasteiger partial charge in [-0.3, -0.25) is 25.0 Å². The second kappa shape index (κ2) is 12.1. The molecule has 0 unspecified atom stereocenters. The zero-order valence-electron chi connectivity index (χ0n) is 20.2. The second-order valence-electron chi connectivity index (χ2n) is 8.05. The summed E-state index contributed by atoms with van der Waals surface area (Å²) in [5.74, 6) is -1.21. The monoisotopic (exact) mass is 578 g/mol. The average molecular weight is 579 g/mol. The Morgan fingerprint density at radius 3 is 1.69 bits per heavy atom. The summed E-state index contributed by atoms with van der Waals surface area (Å²) in [6.45, 7) is 0.829. The van der Waals surface area contributed by atoms with Gasteiger partial charge in [-0.2, -0.15) is 4.72 Å². The maximum atomic E-state index is 13.1. The largest absolute Gasteiger partial charge is 0.460 e. The Kier molecular flexibility index (Phi) is 9.08. The molecule has 0 bridgehead atoms. The van der Waals surface area contributed by atoms with Gasteiger partial charge in [0.1, 0.15) is 12.6 Å². The molecular weight excluding hydrogens is 556 g/mol. The van der Waals surface area contributed by atoms with Crippen LogP contribution in [-0.4, -0.2) is 44.7 Å². The van der Waals surface area contributed by atoms with Gasteiger partial charge in [-0.05, 0) is 24.6 Å².